The standard InChI is InChI=1S/C29H47N7O7/c1-17(2)25(29(43)35-22(26(31)40)15-19-9-5-4-6-10-19)36-28(42)20(30)11-7-8-14-33-24(39)13-12-21(18(3)38)34-23(16-37)27(32)41/h4-6,9-10,17,20-23,25,34,37H,7-8,11-16,30H2,1-3H3,(H2,31,40)(H2,32,41)(H,33,39)(H,35,43)(H,36,42)/t20?,21?,22-,23-,25-/m0/s1. The van der Waals surface area contributed by atoms with Crippen molar-refractivity contribution in [2.75, 3.05) is 13.2 Å². The van der Waals surface area contributed by atoms with Crippen LogP contribution in [0.25, 0.3) is 0 Å². The van der Waals surface area contributed by atoms with Gasteiger partial charge in [0.1, 0.15) is 23.9 Å². The number of primary amides is 2. The lowest BCUT2D eigenvalue weighted by Crippen LogP contribution is -2.57. The number of carbonyl (C=O) groups excluding carboxylic acids is 6. The van der Waals surface area contributed by atoms with Crippen molar-refractivity contribution in [2.45, 2.75) is 89.5 Å². The lowest BCUT2D eigenvalue weighted by molar-refractivity contribution is -0.132. The predicted molar refractivity (Wildman–Crippen MR) is 160 cm³/mol. The van der Waals surface area contributed by atoms with E-state index in [9.17, 15) is 33.9 Å². The van der Waals surface area contributed by atoms with Gasteiger partial charge in [0.05, 0.1) is 18.7 Å². The van der Waals surface area contributed by atoms with Crippen LogP contribution in [-0.4, -0.2) is 83.8 Å². The highest BCUT2D eigenvalue weighted by atomic mass is 16.3. The Labute approximate surface area is 252 Å². The molecule has 14 heteroatoms. The van der Waals surface area contributed by atoms with Crippen LogP contribution in [0.1, 0.15) is 58.4 Å². The van der Waals surface area contributed by atoms with E-state index in [1.54, 1.807) is 13.8 Å². The van der Waals surface area contributed by atoms with Gasteiger partial charge in [-0.2, -0.15) is 0 Å². The van der Waals surface area contributed by atoms with Crippen molar-refractivity contribution in [1.82, 2.24) is 21.3 Å². The normalized spacial score (nSPS) is 14.6. The van der Waals surface area contributed by atoms with E-state index >= 15 is 0 Å². The van der Waals surface area contributed by atoms with Gasteiger partial charge in [-0.3, -0.25) is 34.1 Å². The van der Waals surface area contributed by atoms with Crippen LogP contribution in [0.4, 0.5) is 0 Å². The van der Waals surface area contributed by atoms with Gasteiger partial charge in [0.25, 0.3) is 0 Å². The molecule has 0 spiro atoms. The number of carbonyl (C=O) groups is 6. The highest BCUT2D eigenvalue weighted by Crippen LogP contribution is 2.08. The second-order valence-electron chi connectivity index (χ2n) is 10.8. The summed E-state index contributed by atoms with van der Waals surface area (Å²) >= 11 is 0. The zero-order valence-electron chi connectivity index (χ0n) is 25.1. The van der Waals surface area contributed by atoms with Crippen molar-refractivity contribution in [3.8, 4) is 0 Å². The molecule has 0 heterocycles. The van der Waals surface area contributed by atoms with Crippen molar-refractivity contribution in [1.29, 1.82) is 0 Å². The molecule has 0 radical (unpaired) electrons. The topological polar surface area (TPSA) is 249 Å². The number of aliphatic hydroxyl groups excluding tert-OH is 1. The van der Waals surface area contributed by atoms with Crippen molar-refractivity contribution >= 4 is 35.3 Å². The Hall–Kier alpha value is -3.88. The molecule has 14 nitrogen and oxygen atoms in total. The molecule has 0 fully saturated rings. The van der Waals surface area contributed by atoms with E-state index in [0.717, 1.165) is 5.56 Å². The first-order valence-corrected chi connectivity index (χ1v) is 14.4. The zero-order valence-corrected chi connectivity index (χ0v) is 25.1. The number of nitrogens with two attached hydrogens (primary N) is 3. The van der Waals surface area contributed by atoms with Crippen LogP contribution in [0.5, 0.6) is 0 Å². The van der Waals surface area contributed by atoms with Crippen LogP contribution in [0.15, 0.2) is 30.3 Å². The fraction of sp³-hybridized carbons (Fsp3) is 0.586. The Bertz CT molecular complexity index is 1080. The first-order valence-electron chi connectivity index (χ1n) is 14.4. The number of aliphatic hydroxyl groups is 1. The van der Waals surface area contributed by atoms with Crippen molar-refractivity contribution in [3.63, 3.8) is 0 Å². The van der Waals surface area contributed by atoms with E-state index < -0.39 is 60.4 Å². The predicted octanol–water partition coefficient (Wildman–Crippen LogP) is -1.87. The number of hydrogen-bond donors (Lipinski definition) is 8. The molecule has 5 atom stereocenters. The molecule has 0 bridgehead atoms. The van der Waals surface area contributed by atoms with E-state index in [0.29, 0.717) is 25.8 Å². The van der Waals surface area contributed by atoms with E-state index in [1.807, 2.05) is 30.3 Å². The number of rotatable bonds is 21. The minimum atomic E-state index is -1.09. The smallest absolute Gasteiger partial charge is 0.243 e. The molecule has 0 aliphatic rings. The van der Waals surface area contributed by atoms with Crippen LogP contribution in [0, 0.1) is 5.92 Å². The van der Waals surface area contributed by atoms with Gasteiger partial charge in [-0.25, -0.2) is 0 Å². The Morgan fingerprint density at radius 2 is 1.47 bits per heavy atom. The average molecular weight is 606 g/mol. The lowest BCUT2D eigenvalue weighted by Gasteiger charge is -2.25. The molecule has 1 rings (SSSR count). The molecule has 1 aromatic rings. The summed E-state index contributed by atoms with van der Waals surface area (Å²) in [6, 6.07) is 4.43. The molecule has 0 aliphatic heterocycles. The van der Waals surface area contributed by atoms with Gasteiger partial charge < -0.3 is 38.3 Å². The van der Waals surface area contributed by atoms with Gasteiger partial charge in [0.2, 0.25) is 29.5 Å². The Kier molecular flexibility index (Phi) is 16.7. The van der Waals surface area contributed by atoms with E-state index in [2.05, 4.69) is 21.3 Å². The molecule has 1 aromatic carbocycles. The number of ketones is 1. The molecular formula is C29H47N7O7. The number of amides is 5. The van der Waals surface area contributed by atoms with Gasteiger partial charge >= 0.3 is 0 Å². The highest BCUT2D eigenvalue weighted by molar-refractivity contribution is 5.93. The van der Waals surface area contributed by atoms with Gasteiger partial charge in [-0.15, -0.1) is 0 Å². The Morgan fingerprint density at radius 1 is 0.837 bits per heavy atom. The van der Waals surface area contributed by atoms with E-state index in [-0.39, 0.29) is 36.9 Å². The van der Waals surface area contributed by atoms with Crippen molar-refractivity contribution in [2.24, 2.45) is 23.1 Å². The number of Topliss-reactive ketones (excluding diaryl/α,β-unsaturated/α-hetero) is 1. The van der Waals surface area contributed by atoms with Crippen LogP contribution >= 0.6 is 0 Å². The van der Waals surface area contributed by atoms with Crippen LogP contribution < -0.4 is 38.5 Å². The summed E-state index contributed by atoms with van der Waals surface area (Å²) in [5, 5.41) is 19.9. The number of hydrogen-bond acceptors (Lipinski definition) is 9. The number of unbranched alkanes of at least 4 members (excludes halogenated alkanes) is 1. The first-order chi connectivity index (χ1) is 20.3. The summed E-state index contributed by atoms with van der Waals surface area (Å²) in [6.07, 6.45) is 1.69. The zero-order chi connectivity index (χ0) is 32.5. The molecule has 11 N–H and O–H groups in total. The fourth-order valence-electron chi connectivity index (χ4n) is 4.21. The van der Waals surface area contributed by atoms with Crippen molar-refractivity contribution < 1.29 is 33.9 Å². The van der Waals surface area contributed by atoms with E-state index in [4.69, 9.17) is 17.2 Å². The van der Waals surface area contributed by atoms with Gasteiger partial charge in [-0.05, 0) is 44.1 Å². The molecule has 0 saturated carbocycles. The summed E-state index contributed by atoms with van der Waals surface area (Å²) in [5.74, 6) is -3.44. The summed E-state index contributed by atoms with van der Waals surface area (Å²) in [4.78, 5) is 73.0. The summed E-state index contributed by atoms with van der Waals surface area (Å²) in [6.45, 7) is 4.57. The molecular weight excluding hydrogens is 558 g/mol. The fourth-order valence-corrected chi connectivity index (χ4v) is 4.21. The summed E-state index contributed by atoms with van der Waals surface area (Å²) in [7, 11) is 0. The average Bonchev–Trinajstić information content (AvgIpc) is 2.94. The third-order valence-electron chi connectivity index (χ3n) is 6.87. The third-order valence-corrected chi connectivity index (χ3v) is 6.87. The lowest BCUT2D eigenvalue weighted by atomic mass is 10.00. The third kappa shape index (κ3) is 14.2. The maximum absolute atomic E-state index is 13.0. The second-order valence-corrected chi connectivity index (χ2v) is 10.8. The maximum atomic E-state index is 13.0. The summed E-state index contributed by atoms with van der Waals surface area (Å²) < 4.78 is 0. The Balaban J connectivity index is 2.48. The van der Waals surface area contributed by atoms with Crippen LogP contribution in [-0.2, 0) is 35.2 Å². The quantitative estimate of drug-likeness (QED) is 0.0730. The van der Waals surface area contributed by atoms with E-state index in [1.165, 1.54) is 6.92 Å². The largest absolute Gasteiger partial charge is 0.394 e. The minimum absolute atomic E-state index is 0.0106. The minimum Gasteiger partial charge on any atom is -0.394 e. The van der Waals surface area contributed by atoms with Gasteiger partial charge in [0, 0.05) is 19.4 Å². The Morgan fingerprint density at radius 3 is 2.00 bits per heavy atom. The van der Waals surface area contributed by atoms with Crippen LogP contribution in [0.3, 0.4) is 0 Å². The number of nitrogens with one attached hydrogen (secondary N) is 4. The first kappa shape index (κ1) is 37.1. The van der Waals surface area contributed by atoms with Gasteiger partial charge in [-0.1, -0.05) is 44.2 Å². The second kappa shape index (κ2) is 19.3. The molecule has 0 saturated heterocycles. The summed E-state index contributed by atoms with van der Waals surface area (Å²) in [5.41, 5.74) is 17.5. The monoisotopic (exact) mass is 605 g/mol. The molecule has 2 unspecified atom stereocenters. The maximum Gasteiger partial charge on any atom is 0.243 e. The molecule has 240 valence electrons. The van der Waals surface area contributed by atoms with Crippen LogP contribution in [0.2, 0.25) is 0 Å². The van der Waals surface area contributed by atoms with Crippen molar-refractivity contribution in [3.05, 3.63) is 35.9 Å². The van der Waals surface area contributed by atoms with Gasteiger partial charge in [0.15, 0.2) is 0 Å². The molecule has 0 aliphatic carbocycles. The molecule has 43 heavy (non-hydrogen) atoms. The highest BCUT2D eigenvalue weighted by Gasteiger charge is 2.29. The number of benzene rings is 1. The SMILES string of the molecule is CC(=O)C(CCC(=O)NCCCCC(N)C(=O)N[C@H](C(=O)N[C@@H](Cc1ccccc1)C(N)=O)C(C)C)N[C@@H](CO)C(N)=O. The molecule has 5 amide bonds. The molecule has 0 aromatic heterocycles.